The molecule has 2 aromatic heterocycles. The maximum absolute atomic E-state index is 11.8. The average Bonchev–Trinajstić information content (AvgIpc) is 2.92. The molecule has 0 radical (unpaired) electrons. The van der Waals surface area contributed by atoms with E-state index in [9.17, 15) is 4.79 Å². The summed E-state index contributed by atoms with van der Waals surface area (Å²) in [6.07, 6.45) is 2.91. The summed E-state index contributed by atoms with van der Waals surface area (Å²) in [4.78, 5) is 11.8. The Kier molecular flexibility index (Phi) is 4.67. The molecule has 130 valence electrons. The first-order chi connectivity index (χ1) is 12.0. The number of pyridine rings is 1. The van der Waals surface area contributed by atoms with Crippen LogP contribution in [0.25, 0.3) is 16.6 Å². The summed E-state index contributed by atoms with van der Waals surface area (Å²) < 4.78 is 7.79. The van der Waals surface area contributed by atoms with E-state index >= 15 is 0 Å². The first kappa shape index (κ1) is 17.3. The van der Waals surface area contributed by atoms with E-state index in [4.69, 9.17) is 4.74 Å². The van der Waals surface area contributed by atoms with Gasteiger partial charge >= 0.3 is 0 Å². The van der Waals surface area contributed by atoms with Gasteiger partial charge in [0.2, 0.25) is 0 Å². The highest BCUT2D eigenvalue weighted by Crippen LogP contribution is 2.37. The first-order valence-corrected chi connectivity index (χ1v) is 8.80. The summed E-state index contributed by atoms with van der Waals surface area (Å²) in [6.45, 7) is 11.1. The summed E-state index contributed by atoms with van der Waals surface area (Å²) in [6, 6.07) is 10.5. The normalized spacial score (nSPS) is 11.3. The van der Waals surface area contributed by atoms with Gasteiger partial charge in [-0.15, -0.1) is 0 Å². The predicted molar refractivity (Wildman–Crippen MR) is 103 cm³/mol. The fourth-order valence-corrected chi connectivity index (χ4v) is 3.37. The third-order valence-electron chi connectivity index (χ3n) is 4.65. The van der Waals surface area contributed by atoms with Gasteiger partial charge in [0.15, 0.2) is 6.29 Å². The van der Waals surface area contributed by atoms with Crippen LogP contribution < -0.4 is 4.74 Å². The standard InChI is InChI=1S/C22H25NO2/c1-6-25-22-10-16(5)19(12-18(22)14(2)3)20-11-17-9-15(4)7-8-23(17)21(20)13-24/h7-14H,6H2,1-5H3. The molecule has 0 fully saturated rings. The lowest BCUT2D eigenvalue weighted by atomic mass is 9.93. The highest BCUT2D eigenvalue weighted by molar-refractivity contribution is 5.91. The maximum Gasteiger partial charge on any atom is 0.167 e. The molecule has 3 heteroatoms. The van der Waals surface area contributed by atoms with Crippen molar-refractivity contribution in [2.24, 2.45) is 0 Å². The van der Waals surface area contributed by atoms with Crippen LogP contribution in [0.2, 0.25) is 0 Å². The van der Waals surface area contributed by atoms with Crippen molar-refractivity contribution in [3.8, 4) is 16.9 Å². The lowest BCUT2D eigenvalue weighted by Crippen LogP contribution is -2.01. The van der Waals surface area contributed by atoms with Crippen molar-refractivity contribution >= 4 is 11.8 Å². The van der Waals surface area contributed by atoms with Gasteiger partial charge < -0.3 is 9.14 Å². The number of nitrogens with zero attached hydrogens (tertiary/aromatic N) is 1. The molecule has 0 saturated carbocycles. The summed E-state index contributed by atoms with van der Waals surface area (Å²) in [7, 11) is 0. The van der Waals surface area contributed by atoms with Crippen molar-refractivity contribution in [2.45, 2.75) is 40.5 Å². The zero-order valence-corrected chi connectivity index (χ0v) is 15.6. The summed E-state index contributed by atoms with van der Waals surface area (Å²) >= 11 is 0. The fraction of sp³-hybridized carbons (Fsp3) is 0.318. The van der Waals surface area contributed by atoms with Crippen LogP contribution >= 0.6 is 0 Å². The van der Waals surface area contributed by atoms with Crippen LogP contribution in [0.15, 0.2) is 36.5 Å². The van der Waals surface area contributed by atoms with Gasteiger partial charge in [0, 0.05) is 17.3 Å². The number of hydrogen-bond donors (Lipinski definition) is 0. The van der Waals surface area contributed by atoms with E-state index in [1.165, 1.54) is 11.1 Å². The summed E-state index contributed by atoms with van der Waals surface area (Å²) in [5, 5.41) is 0. The molecule has 3 aromatic rings. The number of hydrogen-bond acceptors (Lipinski definition) is 2. The molecule has 0 amide bonds. The molecule has 0 bridgehead atoms. The number of aldehydes is 1. The highest BCUT2D eigenvalue weighted by atomic mass is 16.5. The van der Waals surface area contributed by atoms with Gasteiger partial charge in [-0.3, -0.25) is 4.79 Å². The molecule has 0 atom stereocenters. The first-order valence-electron chi connectivity index (χ1n) is 8.80. The van der Waals surface area contributed by atoms with Crippen LogP contribution in [0.5, 0.6) is 5.75 Å². The fourth-order valence-electron chi connectivity index (χ4n) is 3.37. The zero-order chi connectivity index (χ0) is 18.1. The van der Waals surface area contributed by atoms with Crippen molar-refractivity contribution in [1.29, 1.82) is 0 Å². The molecule has 3 nitrogen and oxygen atoms in total. The Labute approximate surface area is 149 Å². The molecule has 0 saturated heterocycles. The molecule has 0 unspecified atom stereocenters. The predicted octanol–water partition coefficient (Wildman–Crippen LogP) is 5.56. The number of benzene rings is 1. The Balaban J connectivity index is 2.27. The number of carbonyl (C=O) groups excluding carboxylic acids is 1. The number of ether oxygens (including phenoxy) is 1. The number of rotatable bonds is 5. The molecule has 2 heterocycles. The highest BCUT2D eigenvalue weighted by Gasteiger charge is 2.17. The molecular weight excluding hydrogens is 310 g/mol. The lowest BCUT2D eigenvalue weighted by Gasteiger charge is -2.17. The minimum absolute atomic E-state index is 0.347. The number of aromatic nitrogens is 1. The molecule has 0 aliphatic heterocycles. The van der Waals surface area contributed by atoms with Crippen LogP contribution in [0, 0.1) is 13.8 Å². The van der Waals surface area contributed by atoms with E-state index in [0.29, 0.717) is 18.2 Å². The Morgan fingerprint density at radius 1 is 1.12 bits per heavy atom. The Morgan fingerprint density at radius 2 is 1.88 bits per heavy atom. The minimum Gasteiger partial charge on any atom is -0.494 e. The Bertz CT molecular complexity index is 935. The van der Waals surface area contributed by atoms with Gasteiger partial charge in [0.05, 0.1) is 12.3 Å². The monoisotopic (exact) mass is 335 g/mol. The van der Waals surface area contributed by atoms with Crippen LogP contribution in [-0.4, -0.2) is 17.3 Å². The van der Waals surface area contributed by atoms with Crippen molar-refractivity contribution < 1.29 is 9.53 Å². The van der Waals surface area contributed by atoms with Crippen molar-refractivity contribution in [2.75, 3.05) is 6.61 Å². The largest absolute Gasteiger partial charge is 0.494 e. The van der Waals surface area contributed by atoms with Gasteiger partial charge in [0.25, 0.3) is 0 Å². The van der Waals surface area contributed by atoms with Gasteiger partial charge in [-0.1, -0.05) is 13.8 Å². The van der Waals surface area contributed by atoms with Gasteiger partial charge in [-0.25, -0.2) is 0 Å². The van der Waals surface area contributed by atoms with Gasteiger partial charge in [-0.2, -0.15) is 0 Å². The van der Waals surface area contributed by atoms with Gasteiger partial charge in [0.1, 0.15) is 5.75 Å². The quantitative estimate of drug-likeness (QED) is 0.572. The van der Waals surface area contributed by atoms with E-state index in [2.05, 4.69) is 52.0 Å². The molecule has 0 spiro atoms. The molecule has 0 aliphatic carbocycles. The van der Waals surface area contributed by atoms with Crippen LogP contribution in [0.1, 0.15) is 53.9 Å². The maximum atomic E-state index is 11.8. The Morgan fingerprint density at radius 3 is 2.52 bits per heavy atom. The van der Waals surface area contributed by atoms with E-state index in [1.54, 1.807) is 0 Å². The second kappa shape index (κ2) is 6.75. The molecule has 0 aliphatic rings. The second-order valence-corrected chi connectivity index (χ2v) is 6.85. The lowest BCUT2D eigenvalue weighted by molar-refractivity contribution is 0.111. The Hall–Kier alpha value is -2.55. The third kappa shape index (κ3) is 3.07. The van der Waals surface area contributed by atoms with Crippen LogP contribution in [-0.2, 0) is 0 Å². The number of aryl methyl sites for hydroxylation is 2. The summed E-state index contributed by atoms with van der Waals surface area (Å²) in [5.74, 6) is 1.28. The SMILES string of the molecule is CCOc1cc(C)c(-c2cc3cc(C)ccn3c2C=O)cc1C(C)C. The third-order valence-corrected chi connectivity index (χ3v) is 4.65. The summed E-state index contributed by atoms with van der Waals surface area (Å²) in [5.41, 5.74) is 7.27. The molecule has 25 heavy (non-hydrogen) atoms. The second-order valence-electron chi connectivity index (χ2n) is 6.85. The number of carbonyl (C=O) groups is 1. The van der Waals surface area contributed by atoms with Crippen molar-refractivity contribution in [3.63, 3.8) is 0 Å². The van der Waals surface area contributed by atoms with E-state index < -0.39 is 0 Å². The van der Waals surface area contributed by atoms with E-state index in [0.717, 1.165) is 34.2 Å². The van der Waals surface area contributed by atoms with Crippen LogP contribution in [0.3, 0.4) is 0 Å². The number of fused-ring (bicyclic) bond motifs is 1. The molecular formula is C22H25NO2. The van der Waals surface area contributed by atoms with Crippen molar-refractivity contribution in [1.82, 2.24) is 4.40 Å². The van der Waals surface area contributed by atoms with Crippen molar-refractivity contribution in [3.05, 3.63) is 58.9 Å². The zero-order valence-electron chi connectivity index (χ0n) is 15.6. The smallest absolute Gasteiger partial charge is 0.167 e. The van der Waals surface area contributed by atoms with E-state index in [1.807, 2.05) is 23.6 Å². The minimum atomic E-state index is 0.347. The molecule has 1 aromatic carbocycles. The van der Waals surface area contributed by atoms with Gasteiger partial charge in [-0.05, 0) is 79.3 Å². The topological polar surface area (TPSA) is 30.7 Å². The molecule has 3 rings (SSSR count). The van der Waals surface area contributed by atoms with E-state index in [-0.39, 0.29) is 0 Å². The molecule has 0 N–H and O–H groups in total. The van der Waals surface area contributed by atoms with Crippen LogP contribution in [0.4, 0.5) is 0 Å². The average molecular weight is 335 g/mol.